The van der Waals surface area contributed by atoms with E-state index in [1.165, 1.54) is 12.1 Å². The molecule has 4 nitrogen and oxygen atoms in total. The quantitative estimate of drug-likeness (QED) is 0.669. The molecular formula is C10H16ClNO3S. The third-order valence-corrected chi connectivity index (χ3v) is 3.42. The minimum Gasteiger partial charge on any atom is -0.744 e. The molecule has 0 aliphatic rings. The molecule has 4 N–H and O–H groups in total. The number of quaternary nitrogens is 1. The number of hydrogen-bond donors (Lipinski definition) is 1. The zero-order valence-electron chi connectivity index (χ0n) is 9.31. The molecule has 0 aromatic heterocycles. The number of benzene rings is 1. The Morgan fingerprint density at radius 1 is 1.31 bits per heavy atom. The van der Waals surface area contributed by atoms with Crippen LogP contribution in [-0.4, -0.2) is 18.3 Å². The van der Waals surface area contributed by atoms with Crippen LogP contribution in [0.15, 0.2) is 29.2 Å². The zero-order valence-corrected chi connectivity index (χ0v) is 10.9. The Labute approximate surface area is 101 Å². The molecule has 0 saturated carbocycles. The number of halogens is 1. The molecule has 0 heterocycles. The van der Waals surface area contributed by atoms with Gasteiger partial charge in [0.15, 0.2) is 0 Å². The number of alkyl halides is 1. The highest BCUT2D eigenvalue weighted by atomic mass is 35.5. The summed E-state index contributed by atoms with van der Waals surface area (Å²) in [4.78, 5) is -0.200. The Balaban J connectivity index is 0.00000225. The largest absolute Gasteiger partial charge is 0.744 e. The van der Waals surface area contributed by atoms with Crippen LogP contribution >= 0.6 is 11.6 Å². The second kappa shape index (κ2) is 6.20. The van der Waals surface area contributed by atoms with Gasteiger partial charge in [0, 0.05) is 5.38 Å². The van der Waals surface area contributed by atoms with E-state index in [-0.39, 0.29) is 16.4 Å². The van der Waals surface area contributed by atoms with Gasteiger partial charge in [0.25, 0.3) is 0 Å². The van der Waals surface area contributed by atoms with E-state index in [4.69, 9.17) is 11.6 Å². The van der Waals surface area contributed by atoms with Crippen molar-refractivity contribution in [2.75, 3.05) is 0 Å². The summed E-state index contributed by atoms with van der Waals surface area (Å²) < 4.78 is 31.9. The fourth-order valence-electron chi connectivity index (χ4n) is 1.19. The molecule has 0 saturated heterocycles. The second-order valence-corrected chi connectivity index (χ2v) is 5.30. The maximum absolute atomic E-state index is 10.6. The Bertz CT molecular complexity index is 416. The minimum atomic E-state index is -4.34. The van der Waals surface area contributed by atoms with Crippen LogP contribution in [0.5, 0.6) is 0 Å². The Hall–Kier alpha value is -0.620. The third kappa shape index (κ3) is 4.49. The van der Waals surface area contributed by atoms with E-state index in [1.54, 1.807) is 12.1 Å². The summed E-state index contributed by atoms with van der Waals surface area (Å²) >= 11 is 5.95. The molecule has 0 bridgehead atoms. The summed E-state index contributed by atoms with van der Waals surface area (Å²) in [7, 11) is -4.34. The summed E-state index contributed by atoms with van der Waals surface area (Å²) in [5.41, 5.74) is 0.934. The van der Waals surface area contributed by atoms with Crippen molar-refractivity contribution in [2.45, 2.75) is 30.0 Å². The summed E-state index contributed by atoms with van der Waals surface area (Å²) in [6, 6.07) is 5.87. The summed E-state index contributed by atoms with van der Waals surface area (Å²) in [5.74, 6) is 0. The highest BCUT2D eigenvalue weighted by Crippen LogP contribution is 2.14. The highest BCUT2D eigenvalue weighted by molar-refractivity contribution is 7.85. The molecule has 0 aliphatic heterocycles. The van der Waals surface area contributed by atoms with Gasteiger partial charge in [0.1, 0.15) is 10.1 Å². The highest BCUT2D eigenvalue weighted by Gasteiger charge is 2.04. The molecule has 16 heavy (non-hydrogen) atoms. The maximum atomic E-state index is 10.6. The molecule has 1 atom stereocenters. The Morgan fingerprint density at radius 3 is 2.19 bits per heavy atom. The average Bonchev–Trinajstić information content (AvgIpc) is 2.17. The lowest BCUT2D eigenvalue weighted by atomic mass is 10.1. The number of hydrogen-bond acceptors (Lipinski definition) is 3. The molecule has 1 rings (SSSR count). The van der Waals surface area contributed by atoms with E-state index in [9.17, 15) is 13.0 Å². The van der Waals surface area contributed by atoms with Crippen LogP contribution in [0.4, 0.5) is 0 Å². The van der Waals surface area contributed by atoms with Gasteiger partial charge in [0.2, 0.25) is 0 Å². The topological polar surface area (TPSA) is 93.7 Å². The van der Waals surface area contributed by atoms with Crippen LogP contribution in [0.1, 0.15) is 18.9 Å². The van der Waals surface area contributed by atoms with Crippen molar-refractivity contribution in [3.05, 3.63) is 29.8 Å². The normalized spacial score (nSPS) is 12.9. The van der Waals surface area contributed by atoms with E-state index in [0.29, 0.717) is 6.42 Å². The van der Waals surface area contributed by atoms with Gasteiger partial charge in [-0.15, -0.1) is 11.6 Å². The lowest BCUT2D eigenvalue weighted by Crippen LogP contribution is -2.02. The van der Waals surface area contributed by atoms with Crippen molar-refractivity contribution < 1.29 is 13.0 Å². The molecule has 1 aromatic rings. The van der Waals surface area contributed by atoms with E-state index in [0.717, 1.165) is 12.0 Å². The predicted molar refractivity (Wildman–Crippen MR) is 64.0 cm³/mol. The molecule has 1 unspecified atom stereocenters. The maximum Gasteiger partial charge on any atom is 0.124 e. The Kier molecular flexibility index (Phi) is 5.96. The van der Waals surface area contributed by atoms with Gasteiger partial charge in [-0.1, -0.05) is 19.1 Å². The smallest absolute Gasteiger partial charge is 0.124 e. The fraction of sp³-hybridized carbons (Fsp3) is 0.400. The van der Waals surface area contributed by atoms with Gasteiger partial charge in [0.05, 0.1) is 4.90 Å². The van der Waals surface area contributed by atoms with Crippen molar-refractivity contribution in [2.24, 2.45) is 0 Å². The van der Waals surface area contributed by atoms with Crippen molar-refractivity contribution in [3.63, 3.8) is 0 Å². The molecule has 0 aliphatic carbocycles. The van der Waals surface area contributed by atoms with Crippen molar-refractivity contribution in [1.82, 2.24) is 6.15 Å². The monoisotopic (exact) mass is 265 g/mol. The van der Waals surface area contributed by atoms with Crippen LogP contribution in [-0.2, 0) is 16.5 Å². The van der Waals surface area contributed by atoms with Crippen molar-refractivity contribution in [1.29, 1.82) is 0 Å². The first-order chi connectivity index (χ1) is 6.93. The summed E-state index contributed by atoms with van der Waals surface area (Å²) in [5, 5.41) is 0.0414. The van der Waals surface area contributed by atoms with E-state index >= 15 is 0 Å². The first kappa shape index (κ1) is 15.4. The minimum absolute atomic E-state index is 0. The predicted octanol–water partition coefficient (Wildman–Crippen LogP) is 2.53. The molecule has 1 aromatic carbocycles. The third-order valence-electron chi connectivity index (χ3n) is 2.11. The van der Waals surface area contributed by atoms with Crippen molar-refractivity contribution >= 4 is 21.7 Å². The molecular weight excluding hydrogens is 250 g/mol. The van der Waals surface area contributed by atoms with E-state index in [1.807, 2.05) is 6.92 Å². The average molecular weight is 266 g/mol. The van der Waals surface area contributed by atoms with E-state index < -0.39 is 10.1 Å². The molecule has 0 amide bonds. The summed E-state index contributed by atoms with van der Waals surface area (Å²) in [6.45, 7) is 1.98. The lowest BCUT2D eigenvalue weighted by Gasteiger charge is -2.09. The molecule has 6 heteroatoms. The van der Waals surface area contributed by atoms with Crippen LogP contribution in [0, 0.1) is 0 Å². The standard InChI is InChI=1S/C10H13ClO3S.H3N/c1-2-9(11)7-8-3-5-10(6-4-8)15(12,13)14;/h3-6,9H,2,7H2,1H3,(H,12,13,14);1H3. The van der Waals surface area contributed by atoms with Crippen LogP contribution in [0.2, 0.25) is 0 Å². The number of rotatable bonds is 4. The van der Waals surface area contributed by atoms with Gasteiger partial charge < -0.3 is 10.7 Å². The lowest BCUT2D eigenvalue weighted by molar-refractivity contribution is 0.463. The molecule has 0 fully saturated rings. The van der Waals surface area contributed by atoms with Gasteiger partial charge in [-0.2, -0.15) is 0 Å². The molecule has 0 radical (unpaired) electrons. The fourth-order valence-corrected chi connectivity index (χ4v) is 1.84. The van der Waals surface area contributed by atoms with E-state index in [2.05, 4.69) is 0 Å². The zero-order chi connectivity index (χ0) is 11.5. The first-order valence-corrected chi connectivity index (χ1v) is 6.47. The van der Waals surface area contributed by atoms with Gasteiger partial charge in [-0.3, -0.25) is 0 Å². The van der Waals surface area contributed by atoms with Gasteiger partial charge in [-0.05, 0) is 30.5 Å². The van der Waals surface area contributed by atoms with Gasteiger partial charge >= 0.3 is 0 Å². The molecule has 92 valence electrons. The second-order valence-electron chi connectivity index (χ2n) is 3.31. The van der Waals surface area contributed by atoms with Crippen LogP contribution in [0.25, 0.3) is 0 Å². The molecule has 0 spiro atoms. The van der Waals surface area contributed by atoms with Crippen LogP contribution < -0.4 is 6.15 Å². The Morgan fingerprint density at radius 2 is 1.81 bits per heavy atom. The summed E-state index contributed by atoms with van der Waals surface area (Å²) in [6.07, 6.45) is 1.53. The van der Waals surface area contributed by atoms with Gasteiger partial charge in [-0.25, -0.2) is 8.42 Å². The van der Waals surface area contributed by atoms with Crippen molar-refractivity contribution in [3.8, 4) is 0 Å². The SMILES string of the molecule is CCC(Cl)Cc1ccc(S(=O)(=O)[O-])cc1.[NH4+]. The first-order valence-electron chi connectivity index (χ1n) is 4.62. The van der Waals surface area contributed by atoms with Crippen LogP contribution in [0.3, 0.4) is 0 Å².